The zero-order valence-electron chi connectivity index (χ0n) is 16.6. The van der Waals surface area contributed by atoms with E-state index in [0.29, 0.717) is 35.3 Å². The van der Waals surface area contributed by atoms with Crippen LogP contribution >= 0.6 is 11.3 Å². The average Bonchev–Trinajstić information content (AvgIpc) is 3.44. The van der Waals surface area contributed by atoms with Crippen molar-refractivity contribution in [3.8, 4) is 5.75 Å². The Hall–Kier alpha value is -2.43. The first-order valence-corrected chi connectivity index (χ1v) is 12.0. The van der Waals surface area contributed by atoms with E-state index < -0.39 is 15.9 Å². The first-order chi connectivity index (χ1) is 14.4. The van der Waals surface area contributed by atoms with E-state index in [0.717, 1.165) is 0 Å². The van der Waals surface area contributed by atoms with Crippen molar-refractivity contribution in [1.82, 2.24) is 9.21 Å². The molecule has 8 nitrogen and oxygen atoms in total. The van der Waals surface area contributed by atoms with Gasteiger partial charge in [-0.2, -0.15) is 4.31 Å². The van der Waals surface area contributed by atoms with Crippen molar-refractivity contribution in [2.45, 2.75) is 10.6 Å². The van der Waals surface area contributed by atoms with Crippen LogP contribution in [-0.2, 0) is 19.6 Å². The van der Waals surface area contributed by atoms with Gasteiger partial charge in [0.05, 0.1) is 13.0 Å². The van der Waals surface area contributed by atoms with Gasteiger partial charge >= 0.3 is 0 Å². The molecule has 10 heteroatoms. The Morgan fingerprint density at radius 2 is 1.90 bits per heavy atom. The van der Waals surface area contributed by atoms with Crippen molar-refractivity contribution >= 4 is 38.9 Å². The number of thiophene rings is 1. The van der Waals surface area contributed by atoms with Gasteiger partial charge < -0.3 is 14.5 Å². The van der Waals surface area contributed by atoms with Gasteiger partial charge in [0, 0.05) is 50.9 Å². The van der Waals surface area contributed by atoms with Crippen LogP contribution in [0.1, 0.15) is 6.42 Å². The number of hydrogen-bond donors (Lipinski definition) is 0. The molecule has 1 aromatic carbocycles. The number of nitrogens with zero attached hydrogens (tertiary/aromatic N) is 3. The van der Waals surface area contributed by atoms with Gasteiger partial charge in [-0.25, -0.2) is 8.42 Å². The van der Waals surface area contributed by atoms with Gasteiger partial charge in [-0.3, -0.25) is 9.59 Å². The van der Waals surface area contributed by atoms with Gasteiger partial charge in [0.1, 0.15) is 9.96 Å². The number of carbonyl (C=O) groups excluding carboxylic acids is 2. The maximum Gasteiger partial charge on any atom is 0.252 e. The van der Waals surface area contributed by atoms with Crippen molar-refractivity contribution in [1.29, 1.82) is 0 Å². The highest BCUT2D eigenvalue weighted by atomic mass is 32.2. The molecule has 0 radical (unpaired) electrons. The largest absolute Gasteiger partial charge is 0.497 e. The van der Waals surface area contributed by atoms with E-state index in [1.54, 1.807) is 46.6 Å². The molecular weight excluding hydrogens is 426 g/mol. The number of sulfonamides is 1. The van der Waals surface area contributed by atoms with Gasteiger partial charge in [-0.05, 0) is 23.6 Å². The van der Waals surface area contributed by atoms with Crippen LogP contribution in [0.15, 0.2) is 46.0 Å². The van der Waals surface area contributed by atoms with Crippen LogP contribution in [0, 0.1) is 5.92 Å². The molecule has 2 aromatic rings. The molecule has 160 valence electrons. The van der Waals surface area contributed by atoms with Crippen LogP contribution in [-0.4, -0.2) is 69.3 Å². The van der Waals surface area contributed by atoms with Crippen LogP contribution in [0.4, 0.5) is 5.69 Å². The van der Waals surface area contributed by atoms with Crippen LogP contribution in [0.5, 0.6) is 5.75 Å². The Balaban J connectivity index is 1.38. The minimum Gasteiger partial charge on any atom is -0.497 e. The number of ether oxygens (including phenoxy) is 1. The lowest BCUT2D eigenvalue weighted by atomic mass is 10.1. The number of carbonyl (C=O) groups is 2. The fourth-order valence-corrected chi connectivity index (χ4v) is 6.41. The van der Waals surface area contributed by atoms with E-state index >= 15 is 0 Å². The van der Waals surface area contributed by atoms with Crippen LogP contribution < -0.4 is 9.64 Å². The van der Waals surface area contributed by atoms with Gasteiger partial charge in [0.15, 0.2) is 0 Å². The molecule has 0 aliphatic carbocycles. The molecule has 0 saturated carbocycles. The summed E-state index contributed by atoms with van der Waals surface area (Å²) in [5, 5.41) is 1.73. The second-order valence-electron chi connectivity index (χ2n) is 7.27. The number of benzene rings is 1. The number of piperazine rings is 1. The van der Waals surface area contributed by atoms with Crippen LogP contribution in [0.3, 0.4) is 0 Å². The Kier molecular flexibility index (Phi) is 5.81. The molecule has 2 saturated heterocycles. The summed E-state index contributed by atoms with van der Waals surface area (Å²) in [5.74, 6) is 0.0322. The second kappa shape index (κ2) is 8.37. The van der Waals surface area contributed by atoms with Crippen molar-refractivity contribution in [2.24, 2.45) is 5.92 Å². The molecule has 0 spiro atoms. The second-order valence-corrected chi connectivity index (χ2v) is 10.4. The van der Waals surface area contributed by atoms with E-state index in [9.17, 15) is 18.0 Å². The van der Waals surface area contributed by atoms with Crippen LogP contribution in [0.2, 0.25) is 0 Å². The SMILES string of the molecule is COc1cccc(N2C[C@@H](C(=O)N3CCN(S(=O)(=O)c4cccs4)CC3)CC2=O)c1. The molecule has 3 heterocycles. The minimum atomic E-state index is -3.51. The number of methoxy groups -OCH3 is 1. The monoisotopic (exact) mass is 449 g/mol. The highest BCUT2D eigenvalue weighted by Crippen LogP contribution is 2.29. The van der Waals surface area contributed by atoms with Crippen LogP contribution in [0.25, 0.3) is 0 Å². The maximum absolute atomic E-state index is 13.0. The zero-order chi connectivity index (χ0) is 21.3. The van der Waals surface area contributed by atoms with Gasteiger partial charge in [-0.1, -0.05) is 12.1 Å². The lowest BCUT2D eigenvalue weighted by Gasteiger charge is -2.34. The third-order valence-corrected chi connectivity index (χ3v) is 8.75. The van der Waals surface area contributed by atoms with Crippen molar-refractivity contribution < 1.29 is 22.7 Å². The summed E-state index contributed by atoms with van der Waals surface area (Å²) in [6.45, 7) is 1.48. The van der Waals surface area contributed by atoms with E-state index in [2.05, 4.69) is 0 Å². The predicted molar refractivity (Wildman–Crippen MR) is 113 cm³/mol. The molecule has 4 rings (SSSR count). The fourth-order valence-electron chi connectivity index (χ4n) is 3.85. The average molecular weight is 450 g/mol. The van der Waals surface area contributed by atoms with Crippen molar-refractivity contribution in [2.75, 3.05) is 44.7 Å². The lowest BCUT2D eigenvalue weighted by Crippen LogP contribution is -2.52. The standard InChI is InChI=1S/C20H23N3O5S2/c1-28-17-5-2-4-16(13-17)23-14-15(12-18(23)24)20(25)21-7-9-22(10-8-21)30(26,27)19-6-3-11-29-19/h2-6,11,13,15H,7-10,12,14H2,1H3/t15-/m0/s1. The fraction of sp³-hybridized carbons (Fsp3) is 0.400. The highest BCUT2D eigenvalue weighted by Gasteiger charge is 2.39. The Labute approximate surface area is 179 Å². The molecule has 1 aromatic heterocycles. The van der Waals surface area contributed by atoms with Gasteiger partial charge in [0.2, 0.25) is 11.8 Å². The van der Waals surface area contributed by atoms with E-state index in [-0.39, 0.29) is 31.3 Å². The molecule has 2 fully saturated rings. The summed E-state index contributed by atoms with van der Waals surface area (Å²) in [6.07, 6.45) is 0.156. The summed E-state index contributed by atoms with van der Waals surface area (Å²) in [4.78, 5) is 28.8. The third-order valence-electron chi connectivity index (χ3n) is 5.48. The zero-order valence-corrected chi connectivity index (χ0v) is 18.2. The molecule has 2 aliphatic rings. The Morgan fingerprint density at radius 3 is 2.57 bits per heavy atom. The molecule has 2 amide bonds. The Morgan fingerprint density at radius 1 is 1.13 bits per heavy atom. The number of amides is 2. The molecule has 30 heavy (non-hydrogen) atoms. The molecule has 0 N–H and O–H groups in total. The normalized spacial score (nSPS) is 20.6. The molecular formula is C20H23N3O5S2. The van der Waals surface area contributed by atoms with E-state index in [1.807, 2.05) is 12.1 Å². The molecule has 0 bridgehead atoms. The lowest BCUT2D eigenvalue weighted by molar-refractivity contribution is -0.136. The summed E-state index contributed by atoms with van der Waals surface area (Å²) in [7, 11) is -1.94. The van der Waals surface area contributed by atoms with Gasteiger partial charge in [0.25, 0.3) is 10.0 Å². The number of hydrogen-bond acceptors (Lipinski definition) is 6. The highest BCUT2D eigenvalue weighted by molar-refractivity contribution is 7.91. The van der Waals surface area contributed by atoms with Crippen molar-refractivity contribution in [3.05, 3.63) is 41.8 Å². The molecule has 1 atom stereocenters. The maximum atomic E-state index is 13.0. The first kappa shape index (κ1) is 20.8. The summed E-state index contributed by atoms with van der Waals surface area (Å²) in [5.41, 5.74) is 0.710. The number of rotatable bonds is 5. The summed E-state index contributed by atoms with van der Waals surface area (Å²) in [6, 6.07) is 10.5. The van der Waals surface area contributed by atoms with E-state index in [4.69, 9.17) is 4.74 Å². The first-order valence-electron chi connectivity index (χ1n) is 9.67. The minimum absolute atomic E-state index is 0.0954. The van der Waals surface area contributed by atoms with Crippen molar-refractivity contribution in [3.63, 3.8) is 0 Å². The Bertz CT molecular complexity index is 1030. The topological polar surface area (TPSA) is 87.2 Å². The summed E-state index contributed by atoms with van der Waals surface area (Å²) >= 11 is 1.19. The quantitative estimate of drug-likeness (QED) is 0.693. The van der Waals surface area contributed by atoms with E-state index in [1.165, 1.54) is 15.6 Å². The summed E-state index contributed by atoms with van der Waals surface area (Å²) < 4.78 is 32.3. The smallest absolute Gasteiger partial charge is 0.252 e. The molecule has 2 aliphatic heterocycles. The predicted octanol–water partition coefficient (Wildman–Crippen LogP) is 1.64. The molecule has 0 unspecified atom stereocenters. The number of anilines is 1. The van der Waals surface area contributed by atoms with Gasteiger partial charge in [-0.15, -0.1) is 11.3 Å². The third kappa shape index (κ3) is 3.94.